The van der Waals surface area contributed by atoms with Crippen LogP contribution < -0.4 is 5.73 Å². The molecule has 0 aromatic rings. The van der Waals surface area contributed by atoms with Crippen LogP contribution in [-0.4, -0.2) is 12.7 Å². The molecule has 0 amide bonds. The van der Waals surface area contributed by atoms with Crippen LogP contribution in [0.15, 0.2) is 0 Å². The second-order valence-electron chi connectivity index (χ2n) is 4.77. The van der Waals surface area contributed by atoms with E-state index in [2.05, 4.69) is 13.8 Å². The molecule has 1 rings (SSSR count). The third-order valence-electron chi connectivity index (χ3n) is 3.17. The van der Waals surface area contributed by atoms with E-state index in [-0.39, 0.29) is 5.92 Å². The van der Waals surface area contributed by atoms with E-state index < -0.39 is 6.17 Å². The minimum Gasteiger partial charge on any atom is -0.330 e. The van der Waals surface area contributed by atoms with E-state index in [1.165, 1.54) is 6.42 Å². The summed E-state index contributed by atoms with van der Waals surface area (Å²) in [6.45, 7) is 4.95. The van der Waals surface area contributed by atoms with Crippen molar-refractivity contribution in [3.05, 3.63) is 0 Å². The van der Waals surface area contributed by atoms with E-state index in [9.17, 15) is 4.39 Å². The Morgan fingerprint density at radius 2 is 1.77 bits per heavy atom. The maximum Gasteiger partial charge on any atom is 0.104 e. The Balaban J connectivity index is 2.40. The fraction of sp³-hybridized carbons (Fsp3) is 1.00. The molecule has 3 unspecified atom stereocenters. The third-order valence-corrected chi connectivity index (χ3v) is 3.17. The molecule has 1 aliphatic carbocycles. The van der Waals surface area contributed by atoms with E-state index in [0.29, 0.717) is 24.8 Å². The molecule has 1 aliphatic rings. The van der Waals surface area contributed by atoms with Crippen LogP contribution in [0.25, 0.3) is 0 Å². The first-order chi connectivity index (χ1) is 6.13. The van der Waals surface area contributed by atoms with Crippen LogP contribution in [0.2, 0.25) is 0 Å². The van der Waals surface area contributed by atoms with Crippen molar-refractivity contribution in [1.29, 1.82) is 0 Å². The molecular weight excluding hydrogens is 165 g/mol. The summed E-state index contributed by atoms with van der Waals surface area (Å²) in [4.78, 5) is 0. The number of halogens is 1. The monoisotopic (exact) mass is 187 g/mol. The molecule has 1 fully saturated rings. The van der Waals surface area contributed by atoms with Gasteiger partial charge in [0.25, 0.3) is 0 Å². The molecule has 3 atom stereocenters. The van der Waals surface area contributed by atoms with Crippen LogP contribution >= 0.6 is 0 Å². The first kappa shape index (κ1) is 11.0. The van der Waals surface area contributed by atoms with Gasteiger partial charge in [0, 0.05) is 0 Å². The molecule has 0 saturated heterocycles. The lowest BCUT2D eigenvalue weighted by Crippen LogP contribution is -2.28. The second kappa shape index (κ2) is 4.94. The summed E-state index contributed by atoms with van der Waals surface area (Å²) in [5.74, 6) is 1.68. The van der Waals surface area contributed by atoms with Crippen molar-refractivity contribution in [3.8, 4) is 0 Å². The van der Waals surface area contributed by atoms with Crippen LogP contribution in [0.4, 0.5) is 4.39 Å². The number of nitrogens with two attached hydrogens (primary N) is 1. The van der Waals surface area contributed by atoms with Gasteiger partial charge in [-0.2, -0.15) is 0 Å². The molecule has 13 heavy (non-hydrogen) atoms. The molecule has 2 heteroatoms. The van der Waals surface area contributed by atoms with Gasteiger partial charge in [-0.25, -0.2) is 4.39 Å². The van der Waals surface area contributed by atoms with Gasteiger partial charge in [0.05, 0.1) is 0 Å². The summed E-state index contributed by atoms with van der Waals surface area (Å²) in [5.41, 5.74) is 5.37. The smallest absolute Gasteiger partial charge is 0.104 e. The average molecular weight is 187 g/mol. The first-order valence-electron chi connectivity index (χ1n) is 5.47. The summed E-state index contributed by atoms with van der Waals surface area (Å²) in [6.07, 6.45) is 3.28. The minimum absolute atomic E-state index is 0.280. The quantitative estimate of drug-likeness (QED) is 0.722. The molecule has 1 nitrogen and oxygen atoms in total. The van der Waals surface area contributed by atoms with Crippen LogP contribution in [0, 0.1) is 17.8 Å². The topological polar surface area (TPSA) is 26.0 Å². The summed E-state index contributed by atoms with van der Waals surface area (Å²) in [6, 6.07) is 0. The molecule has 0 aliphatic heterocycles. The van der Waals surface area contributed by atoms with Crippen molar-refractivity contribution in [2.45, 2.75) is 45.7 Å². The van der Waals surface area contributed by atoms with Gasteiger partial charge in [-0.3, -0.25) is 0 Å². The van der Waals surface area contributed by atoms with E-state index >= 15 is 0 Å². The van der Waals surface area contributed by atoms with Crippen molar-refractivity contribution in [2.75, 3.05) is 6.54 Å². The Bertz CT molecular complexity index is 139. The van der Waals surface area contributed by atoms with Crippen molar-refractivity contribution >= 4 is 0 Å². The molecule has 0 radical (unpaired) electrons. The molecule has 0 spiro atoms. The Morgan fingerprint density at radius 1 is 1.23 bits per heavy atom. The molecular formula is C11H22FN. The van der Waals surface area contributed by atoms with Gasteiger partial charge in [0.2, 0.25) is 0 Å². The molecule has 2 N–H and O–H groups in total. The van der Waals surface area contributed by atoms with Crippen LogP contribution in [0.1, 0.15) is 39.5 Å². The van der Waals surface area contributed by atoms with Gasteiger partial charge in [0.1, 0.15) is 6.17 Å². The van der Waals surface area contributed by atoms with E-state index in [1.54, 1.807) is 0 Å². The number of hydrogen-bond acceptors (Lipinski definition) is 1. The zero-order valence-electron chi connectivity index (χ0n) is 8.80. The lowest BCUT2D eigenvalue weighted by molar-refractivity contribution is 0.120. The first-order valence-corrected chi connectivity index (χ1v) is 5.47. The molecule has 1 saturated carbocycles. The van der Waals surface area contributed by atoms with Crippen LogP contribution in [0.5, 0.6) is 0 Å². The van der Waals surface area contributed by atoms with Crippen molar-refractivity contribution in [1.82, 2.24) is 0 Å². The predicted molar refractivity (Wildman–Crippen MR) is 54.2 cm³/mol. The van der Waals surface area contributed by atoms with Gasteiger partial charge in [-0.15, -0.1) is 0 Å². The van der Waals surface area contributed by atoms with Crippen LogP contribution in [-0.2, 0) is 0 Å². The van der Waals surface area contributed by atoms with Crippen molar-refractivity contribution in [2.24, 2.45) is 23.5 Å². The lowest BCUT2D eigenvalue weighted by Gasteiger charge is -2.33. The van der Waals surface area contributed by atoms with Gasteiger partial charge < -0.3 is 5.73 Å². The van der Waals surface area contributed by atoms with Crippen molar-refractivity contribution < 1.29 is 4.39 Å². The summed E-state index contributed by atoms with van der Waals surface area (Å²) in [5, 5.41) is 0. The second-order valence-corrected chi connectivity index (χ2v) is 4.77. The van der Waals surface area contributed by atoms with Gasteiger partial charge >= 0.3 is 0 Å². The van der Waals surface area contributed by atoms with Crippen LogP contribution in [0.3, 0.4) is 0 Å². The lowest BCUT2D eigenvalue weighted by atomic mass is 9.74. The maximum atomic E-state index is 13.6. The highest BCUT2D eigenvalue weighted by atomic mass is 19.1. The zero-order chi connectivity index (χ0) is 9.84. The van der Waals surface area contributed by atoms with Gasteiger partial charge in [-0.05, 0) is 50.0 Å². The summed E-state index contributed by atoms with van der Waals surface area (Å²) < 4.78 is 13.6. The standard InChI is InChI=1S/C11H22FN/c1-8-5-9(2)7-10(6-8)11(12)3-4-13/h8-11H,3-7,13H2,1-2H3. The SMILES string of the molecule is CC1CC(C)CC(C(F)CCN)C1. The Hall–Kier alpha value is -0.110. The summed E-state index contributed by atoms with van der Waals surface area (Å²) >= 11 is 0. The highest BCUT2D eigenvalue weighted by Crippen LogP contribution is 2.36. The number of alkyl halides is 1. The zero-order valence-corrected chi connectivity index (χ0v) is 8.80. The minimum atomic E-state index is -0.657. The largest absolute Gasteiger partial charge is 0.330 e. The third kappa shape index (κ3) is 3.26. The van der Waals surface area contributed by atoms with Crippen molar-refractivity contribution in [3.63, 3.8) is 0 Å². The fourth-order valence-corrected chi connectivity index (χ4v) is 2.70. The predicted octanol–water partition coefficient (Wildman–Crippen LogP) is 2.75. The Labute approximate surface area is 80.9 Å². The highest BCUT2D eigenvalue weighted by molar-refractivity contribution is 4.79. The molecule has 0 bridgehead atoms. The van der Waals surface area contributed by atoms with E-state index in [4.69, 9.17) is 5.73 Å². The molecule has 78 valence electrons. The number of rotatable bonds is 3. The molecule has 0 aromatic heterocycles. The normalized spacial score (nSPS) is 37.4. The Morgan fingerprint density at radius 3 is 2.23 bits per heavy atom. The van der Waals surface area contributed by atoms with Gasteiger partial charge in [-0.1, -0.05) is 13.8 Å². The van der Waals surface area contributed by atoms with E-state index in [0.717, 1.165) is 12.8 Å². The maximum absolute atomic E-state index is 13.6. The highest BCUT2D eigenvalue weighted by Gasteiger charge is 2.29. The summed E-state index contributed by atoms with van der Waals surface area (Å²) in [7, 11) is 0. The molecule has 0 aromatic carbocycles. The average Bonchev–Trinajstić information content (AvgIpc) is 2.03. The fourth-order valence-electron chi connectivity index (χ4n) is 2.70. The van der Waals surface area contributed by atoms with E-state index in [1.807, 2.05) is 0 Å². The Kier molecular flexibility index (Phi) is 4.17. The molecule has 0 heterocycles. The number of hydrogen-bond donors (Lipinski definition) is 1. The van der Waals surface area contributed by atoms with Gasteiger partial charge in [0.15, 0.2) is 0 Å².